The van der Waals surface area contributed by atoms with Crippen LogP contribution in [0.15, 0.2) is 30.3 Å². The first-order chi connectivity index (χ1) is 13.2. The summed E-state index contributed by atoms with van der Waals surface area (Å²) in [4.78, 5) is 27.5. The van der Waals surface area contributed by atoms with Crippen molar-refractivity contribution < 1.29 is 19.1 Å². The van der Waals surface area contributed by atoms with Gasteiger partial charge in [-0.05, 0) is 30.7 Å². The number of hydrogen-bond acceptors (Lipinski definition) is 4. The summed E-state index contributed by atoms with van der Waals surface area (Å²) in [5, 5.41) is 3.10. The molecule has 3 aliphatic heterocycles. The first-order valence-corrected chi connectivity index (χ1v) is 10.0. The van der Waals surface area contributed by atoms with E-state index in [1.54, 1.807) is 0 Å². The second-order valence-electron chi connectivity index (χ2n) is 7.81. The first-order valence-electron chi connectivity index (χ1n) is 10.0. The minimum Gasteiger partial charge on any atom is -0.381 e. The molecule has 0 unspecified atom stereocenters. The molecule has 3 atom stereocenters. The zero-order chi connectivity index (χ0) is 18.6. The molecule has 3 aliphatic rings. The Kier molecular flexibility index (Phi) is 5.74. The van der Waals surface area contributed by atoms with Crippen LogP contribution in [0.2, 0.25) is 0 Å². The van der Waals surface area contributed by atoms with Crippen LogP contribution in [-0.4, -0.2) is 61.8 Å². The fourth-order valence-electron chi connectivity index (χ4n) is 4.49. The van der Waals surface area contributed by atoms with Crippen molar-refractivity contribution in [1.82, 2.24) is 10.2 Å². The van der Waals surface area contributed by atoms with Gasteiger partial charge in [-0.1, -0.05) is 30.3 Å². The smallest absolute Gasteiger partial charge is 0.227 e. The van der Waals surface area contributed by atoms with Gasteiger partial charge >= 0.3 is 0 Å². The number of likely N-dealkylation sites (tertiary alicyclic amines) is 1. The Balaban J connectivity index is 1.36. The molecule has 0 saturated carbocycles. The number of ether oxygens (including phenoxy) is 2. The van der Waals surface area contributed by atoms with Crippen molar-refractivity contribution in [2.45, 2.75) is 37.8 Å². The number of nitrogens with zero attached hydrogens (tertiary/aromatic N) is 1. The van der Waals surface area contributed by atoms with Crippen LogP contribution in [0.25, 0.3) is 0 Å². The summed E-state index contributed by atoms with van der Waals surface area (Å²) in [5.74, 6) is 0.326. The van der Waals surface area contributed by atoms with Gasteiger partial charge in [0, 0.05) is 32.9 Å². The van der Waals surface area contributed by atoms with Gasteiger partial charge in [0.25, 0.3) is 0 Å². The molecule has 0 spiro atoms. The molecule has 146 valence electrons. The van der Waals surface area contributed by atoms with Gasteiger partial charge in [-0.3, -0.25) is 9.59 Å². The van der Waals surface area contributed by atoms with Gasteiger partial charge in [0.2, 0.25) is 11.8 Å². The molecule has 0 bridgehead atoms. The Labute approximate surface area is 160 Å². The van der Waals surface area contributed by atoms with Gasteiger partial charge in [0.1, 0.15) is 0 Å². The van der Waals surface area contributed by atoms with E-state index in [9.17, 15) is 9.59 Å². The molecule has 1 aromatic rings. The second kappa shape index (κ2) is 8.40. The number of carbonyl (C=O) groups is 2. The lowest BCUT2D eigenvalue weighted by molar-refractivity contribution is -0.131. The van der Waals surface area contributed by atoms with E-state index in [4.69, 9.17) is 9.47 Å². The van der Waals surface area contributed by atoms with Crippen LogP contribution in [0, 0.1) is 11.8 Å². The van der Waals surface area contributed by atoms with Gasteiger partial charge in [-0.25, -0.2) is 0 Å². The van der Waals surface area contributed by atoms with Gasteiger partial charge in [0.05, 0.1) is 24.5 Å². The van der Waals surface area contributed by atoms with E-state index in [1.807, 2.05) is 35.2 Å². The fraction of sp³-hybridized carbons (Fsp3) is 0.619. The van der Waals surface area contributed by atoms with Crippen LogP contribution in [0.4, 0.5) is 0 Å². The number of rotatable bonds is 5. The van der Waals surface area contributed by atoms with E-state index >= 15 is 0 Å². The Morgan fingerprint density at radius 2 is 1.85 bits per heavy atom. The summed E-state index contributed by atoms with van der Waals surface area (Å²) in [6.45, 7) is 3.32. The monoisotopic (exact) mass is 372 g/mol. The zero-order valence-electron chi connectivity index (χ0n) is 15.6. The highest BCUT2D eigenvalue weighted by Gasteiger charge is 2.50. The second-order valence-corrected chi connectivity index (χ2v) is 7.81. The molecule has 3 fully saturated rings. The average molecular weight is 372 g/mol. The Bertz CT molecular complexity index is 659. The quantitative estimate of drug-likeness (QED) is 0.848. The summed E-state index contributed by atoms with van der Waals surface area (Å²) >= 11 is 0. The van der Waals surface area contributed by atoms with Crippen LogP contribution in [0.5, 0.6) is 0 Å². The maximum Gasteiger partial charge on any atom is 0.227 e. The summed E-state index contributed by atoms with van der Waals surface area (Å²) in [5.41, 5.74) is 1.00. The van der Waals surface area contributed by atoms with Crippen LogP contribution in [0.3, 0.4) is 0 Å². The van der Waals surface area contributed by atoms with Crippen molar-refractivity contribution in [1.29, 1.82) is 0 Å². The van der Waals surface area contributed by atoms with Crippen LogP contribution in [0.1, 0.15) is 24.8 Å². The van der Waals surface area contributed by atoms with E-state index < -0.39 is 0 Å². The van der Waals surface area contributed by atoms with Crippen molar-refractivity contribution in [2.24, 2.45) is 11.8 Å². The average Bonchev–Trinajstić information content (AvgIpc) is 3.30. The number of carbonyl (C=O) groups excluding carboxylic acids is 2. The molecule has 1 N–H and O–H groups in total. The molecule has 0 radical (unpaired) electrons. The molecule has 4 rings (SSSR count). The lowest BCUT2D eigenvalue weighted by Crippen LogP contribution is -2.40. The molecule has 2 amide bonds. The van der Waals surface area contributed by atoms with Crippen molar-refractivity contribution in [2.75, 3.05) is 32.9 Å². The van der Waals surface area contributed by atoms with Gasteiger partial charge in [-0.2, -0.15) is 0 Å². The minimum absolute atomic E-state index is 0.0217. The van der Waals surface area contributed by atoms with Gasteiger partial charge < -0.3 is 19.7 Å². The molecule has 3 heterocycles. The Hall–Kier alpha value is -1.92. The molecule has 6 heteroatoms. The topological polar surface area (TPSA) is 67.9 Å². The number of nitrogens with one attached hydrogen (secondary N) is 1. The normalized spacial score (nSPS) is 28.1. The van der Waals surface area contributed by atoms with Crippen molar-refractivity contribution in [3.8, 4) is 0 Å². The van der Waals surface area contributed by atoms with Crippen LogP contribution < -0.4 is 5.32 Å². The molecular formula is C21H28N2O4. The summed E-state index contributed by atoms with van der Waals surface area (Å²) < 4.78 is 11.2. The zero-order valence-corrected chi connectivity index (χ0v) is 15.6. The maximum atomic E-state index is 12.9. The SMILES string of the molecule is O=C(NCC1CCOCC1)[C@@H]1CN(C(=O)Cc2ccccc2)[C@H]2CCO[C@H]12. The summed E-state index contributed by atoms with van der Waals surface area (Å²) in [6.07, 6.45) is 3.01. The Morgan fingerprint density at radius 1 is 1.07 bits per heavy atom. The first kappa shape index (κ1) is 18.4. The van der Waals surface area contributed by atoms with E-state index in [1.165, 1.54) is 0 Å². The van der Waals surface area contributed by atoms with Crippen LogP contribution in [-0.2, 0) is 25.5 Å². The molecule has 6 nitrogen and oxygen atoms in total. The Morgan fingerprint density at radius 3 is 2.63 bits per heavy atom. The van der Waals surface area contributed by atoms with Gasteiger partial charge in [0.15, 0.2) is 0 Å². The fourth-order valence-corrected chi connectivity index (χ4v) is 4.49. The lowest BCUT2D eigenvalue weighted by atomic mass is 9.98. The van der Waals surface area contributed by atoms with E-state index in [2.05, 4.69) is 5.32 Å². The number of benzene rings is 1. The third-order valence-electron chi connectivity index (χ3n) is 6.05. The largest absolute Gasteiger partial charge is 0.381 e. The van der Waals surface area contributed by atoms with E-state index in [-0.39, 0.29) is 29.9 Å². The molecule has 0 aliphatic carbocycles. The van der Waals surface area contributed by atoms with Crippen LogP contribution >= 0.6 is 0 Å². The van der Waals surface area contributed by atoms with Gasteiger partial charge in [-0.15, -0.1) is 0 Å². The predicted molar refractivity (Wildman–Crippen MR) is 100 cm³/mol. The number of hydrogen-bond donors (Lipinski definition) is 1. The highest BCUT2D eigenvalue weighted by atomic mass is 16.5. The van der Waals surface area contributed by atoms with Crippen molar-refractivity contribution in [3.63, 3.8) is 0 Å². The third kappa shape index (κ3) is 4.17. The summed E-state index contributed by atoms with van der Waals surface area (Å²) in [7, 11) is 0. The van der Waals surface area contributed by atoms with E-state index in [0.717, 1.165) is 38.0 Å². The molecule has 1 aromatic carbocycles. The predicted octanol–water partition coefficient (Wildman–Crippen LogP) is 1.39. The highest BCUT2D eigenvalue weighted by Crippen LogP contribution is 2.34. The maximum absolute atomic E-state index is 12.9. The third-order valence-corrected chi connectivity index (χ3v) is 6.05. The molecule has 0 aromatic heterocycles. The highest BCUT2D eigenvalue weighted by molar-refractivity contribution is 5.84. The molecule has 3 saturated heterocycles. The van der Waals surface area contributed by atoms with Crippen molar-refractivity contribution >= 4 is 11.8 Å². The summed E-state index contributed by atoms with van der Waals surface area (Å²) in [6, 6.07) is 9.80. The lowest BCUT2D eigenvalue weighted by Gasteiger charge is -2.23. The number of fused-ring (bicyclic) bond motifs is 1. The molecular weight excluding hydrogens is 344 g/mol. The minimum atomic E-state index is -0.267. The molecule has 27 heavy (non-hydrogen) atoms. The van der Waals surface area contributed by atoms with E-state index in [0.29, 0.717) is 32.0 Å². The number of amides is 2. The standard InChI is InChI=1S/C21H28N2O4/c24-19(12-15-4-2-1-3-5-15)23-14-17(20-18(23)8-11-27-20)21(25)22-13-16-6-9-26-10-7-16/h1-5,16-18,20H,6-14H2,(H,22,25)/t17-,18+,20-/m1/s1. The van der Waals surface area contributed by atoms with Crippen molar-refractivity contribution in [3.05, 3.63) is 35.9 Å².